The van der Waals surface area contributed by atoms with Gasteiger partial charge in [0, 0.05) is 31.4 Å². The first-order chi connectivity index (χ1) is 9.63. The van der Waals surface area contributed by atoms with Crippen molar-refractivity contribution >= 4 is 0 Å². The van der Waals surface area contributed by atoms with Crippen LogP contribution in [0.15, 0.2) is 36.7 Å². The Balaban J connectivity index is 2.10. The Labute approximate surface area is 121 Å². The molecular formula is C16H24N4. The third kappa shape index (κ3) is 3.46. The van der Waals surface area contributed by atoms with Gasteiger partial charge in [-0.1, -0.05) is 29.8 Å². The van der Waals surface area contributed by atoms with Gasteiger partial charge in [0.05, 0.1) is 12.2 Å². The van der Waals surface area contributed by atoms with Gasteiger partial charge in [-0.05, 0) is 26.5 Å². The predicted molar refractivity (Wildman–Crippen MR) is 82.3 cm³/mol. The van der Waals surface area contributed by atoms with E-state index < -0.39 is 0 Å². The van der Waals surface area contributed by atoms with Crippen molar-refractivity contribution in [2.24, 2.45) is 5.73 Å². The van der Waals surface area contributed by atoms with Crippen molar-refractivity contribution < 1.29 is 0 Å². The molecule has 0 bridgehead atoms. The zero-order chi connectivity index (χ0) is 14.5. The summed E-state index contributed by atoms with van der Waals surface area (Å²) in [6.45, 7) is 6.58. The average molecular weight is 272 g/mol. The van der Waals surface area contributed by atoms with Crippen LogP contribution < -0.4 is 5.73 Å². The molecule has 1 aromatic carbocycles. The van der Waals surface area contributed by atoms with Crippen LogP contribution in [0.3, 0.4) is 0 Å². The van der Waals surface area contributed by atoms with Crippen molar-refractivity contribution in [1.82, 2.24) is 14.7 Å². The average Bonchev–Trinajstić information content (AvgIpc) is 2.88. The van der Waals surface area contributed by atoms with Crippen LogP contribution in [0.4, 0.5) is 0 Å². The predicted octanol–water partition coefficient (Wildman–Crippen LogP) is 2.34. The van der Waals surface area contributed by atoms with Crippen molar-refractivity contribution in [1.29, 1.82) is 0 Å². The van der Waals surface area contributed by atoms with Crippen LogP contribution in [-0.4, -0.2) is 28.3 Å². The van der Waals surface area contributed by atoms with Gasteiger partial charge in [0.15, 0.2) is 0 Å². The van der Waals surface area contributed by atoms with Gasteiger partial charge in [0.25, 0.3) is 0 Å². The fourth-order valence-electron chi connectivity index (χ4n) is 2.50. The SMILES string of the molecule is CCn1cc(C(CN)N(C)Cc2cccc(C)c2)cn1. The van der Waals surface area contributed by atoms with Crippen LogP contribution in [0.2, 0.25) is 0 Å². The number of hydrogen-bond donors (Lipinski definition) is 1. The first kappa shape index (κ1) is 14.8. The summed E-state index contributed by atoms with van der Waals surface area (Å²) in [5.41, 5.74) is 9.75. The van der Waals surface area contributed by atoms with Crippen LogP contribution >= 0.6 is 0 Å². The van der Waals surface area contributed by atoms with Gasteiger partial charge in [-0.25, -0.2) is 0 Å². The monoisotopic (exact) mass is 272 g/mol. The molecule has 0 saturated heterocycles. The number of rotatable bonds is 6. The van der Waals surface area contributed by atoms with Crippen LogP contribution in [0.1, 0.15) is 29.7 Å². The Morgan fingerprint density at radius 3 is 2.80 bits per heavy atom. The minimum atomic E-state index is 0.204. The van der Waals surface area contributed by atoms with E-state index in [2.05, 4.69) is 61.4 Å². The number of benzene rings is 1. The summed E-state index contributed by atoms with van der Waals surface area (Å²) in [5, 5.41) is 4.34. The molecular weight excluding hydrogens is 248 g/mol. The highest BCUT2D eigenvalue weighted by Gasteiger charge is 2.17. The number of likely N-dealkylation sites (N-methyl/N-ethyl adjacent to an activating group) is 1. The Hall–Kier alpha value is -1.65. The second-order valence-corrected chi connectivity index (χ2v) is 5.29. The Morgan fingerprint density at radius 1 is 1.40 bits per heavy atom. The summed E-state index contributed by atoms with van der Waals surface area (Å²) in [7, 11) is 2.11. The van der Waals surface area contributed by atoms with Gasteiger partial charge in [0.2, 0.25) is 0 Å². The van der Waals surface area contributed by atoms with Crippen molar-refractivity contribution in [3.8, 4) is 0 Å². The van der Waals surface area contributed by atoms with Gasteiger partial charge in [-0.3, -0.25) is 9.58 Å². The zero-order valence-electron chi connectivity index (χ0n) is 12.6. The van der Waals surface area contributed by atoms with Gasteiger partial charge < -0.3 is 5.73 Å². The van der Waals surface area contributed by atoms with Crippen molar-refractivity contribution in [3.63, 3.8) is 0 Å². The highest BCUT2D eigenvalue weighted by atomic mass is 15.3. The van der Waals surface area contributed by atoms with Crippen LogP contribution in [0.25, 0.3) is 0 Å². The molecule has 2 aromatic rings. The maximum absolute atomic E-state index is 5.96. The third-order valence-electron chi connectivity index (χ3n) is 3.63. The first-order valence-corrected chi connectivity index (χ1v) is 7.12. The fraction of sp³-hybridized carbons (Fsp3) is 0.438. The van der Waals surface area contributed by atoms with Gasteiger partial charge in [0.1, 0.15) is 0 Å². The fourth-order valence-corrected chi connectivity index (χ4v) is 2.50. The standard InChI is InChI=1S/C16H24N4/c1-4-20-12-15(10-18-20)16(9-17)19(3)11-14-7-5-6-13(2)8-14/h5-8,10,12,16H,4,9,11,17H2,1-3H3. The highest BCUT2D eigenvalue weighted by Crippen LogP contribution is 2.20. The van der Waals surface area contributed by atoms with Crippen molar-refractivity contribution in [2.45, 2.75) is 33.0 Å². The molecule has 108 valence electrons. The molecule has 4 nitrogen and oxygen atoms in total. The molecule has 1 atom stereocenters. The lowest BCUT2D eigenvalue weighted by Gasteiger charge is -2.26. The second-order valence-electron chi connectivity index (χ2n) is 5.29. The summed E-state index contributed by atoms with van der Waals surface area (Å²) < 4.78 is 1.94. The summed E-state index contributed by atoms with van der Waals surface area (Å²) in [5.74, 6) is 0. The minimum absolute atomic E-state index is 0.204. The largest absolute Gasteiger partial charge is 0.329 e. The maximum Gasteiger partial charge on any atom is 0.0538 e. The number of aryl methyl sites for hydroxylation is 2. The van der Waals surface area contributed by atoms with E-state index in [1.165, 1.54) is 16.7 Å². The maximum atomic E-state index is 5.96. The zero-order valence-corrected chi connectivity index (χ0v) is 12.6. The summed E-state index contributed by atoms with van der Waals surface area (Å²) in [6, 6.07) is 8.81. The molecule has 0 aliphatic carbocycles. The molecule has 1 heterocycles. The molecule has 1 unspecified atom stereocenters. The Morgan fingerprint density at radius 2 is 2.20 bits per heavy atom. The van der Waals surface area contributed by atoms with Gasteiger partial charge >= 0.3 is 0 Å². The van der Waals surface area contributed by atoms with E-state index in [0.717, 1.165) is 13.1 Å². The lowest BCUT2D eigenvalue weighted by molar-refractivity contribution is 0.241. The molecule has 0 amide bonds. The molecule has 1 aromatic heterocycles. The number of hydrogen-bond acceptors (Lipinski definition) is 3. The molecule has 2 rings (SSSR count). The number of nitrogens with zero attached hydrogens (tertiary/aromatic N) is 3. The molecule has 0 spiro atoms. The number of aromatic nitrogens is 2. The van der Waals surface area contributed by atoms with E-state index in [1.54, 1.807) is 0 Å². The molecule has 0 radical (unpaired) electrons. The van der Waals surface area contributed by atoms with E-state index in [4.69, 9.17) is 5.73 Å². The first-order valence-electron chi connectivity index (χ1n) is 7.12. The van der Waals surface area contributed by atoms with Crippen LogP contribution in [0, 0.1) is 6.92 Å². The second kappa shape index (κ2) is 6.68. The molecule has 0 saturated carbocycles. The van der Waals surface area contributed by atoms with Crippen LogP contribution in [0.5, 0.6) is 0 Å². The van der Waals surface area contributed by atoms with Gasteiger partial charge in [-0.15, -0.1) is 0 Å². The normalized spacial score (nSPS) is 12.8. The molecule has 0 aliphatic heterocycles. The Bertz CT molecular complexity index is 547. The van der Waals surface area contributed by atoms with E-state index >= 15 is 0 Å². The topological polar surface area (TPSA) is 47.1 Å². The van der Waals surface area contributed by atoms with Crippen molar-refractivity contribution in [3.05, 3.63) is 53.3 Å². The molecule has 0 aliphatic rings. The Kier molecular flexibility index (Phi) is 4.93. The summed E-state index contributed by atoms with van der Waals surface area (Å²) >= 11 is 0. The lowest BCUT2D eigenvalue weighted by atomic mass is 10.1. The highest BCUT2D eigenvalue weighted by molar-refractivity contribution is 5.22. The van der Waals surface area contributed by atoms with E-state index in [-0.39, 0.29) is 6.04 Å². The quantitative estimate of drug-likeness (QED) is 0.878. The van der Waals surface area contributed by atoms with Crippen LogP contribution in [-0.2, 0) is 13.1 Å². The van der Waals surface area contributed by atoms with E-state index in [1.807, 2.05) is 10.9 Å². The van der Waals surface area contributed by atoms with Crippen molar-refractivity contribution in [2.75, 3.05) is 13.6 Å². The van der Waals surface area contributed by atoms with E-state index in [0.29, 0.717) is 6.54 Å². The molecule has 0 fully saturated rings. The van der Waals surface area contributed by atoms with Gasteiger partial charge in [-0.2, -0.15) is 5.10 Å². The molecule has 20 heavy (non-hydrogen) atoms. The smallest absolute Gasteiger partial charge is 0.0538 e. The molecule has 4 heteroatoms. The third-order valence-corrected chi connectivity index (χ3v) is 3.63. The summed E-state index contributed by atoms with van der Waals surface area (Å²) in [4.78, 5) is 2.28. The molecule has 2 N–H and O–H groups in total. The number of nitrogens with two attached hydrogens (primary N) is 1. The lowest BCUT2D eigenvalue weighted by Crippen LogP contribution is -2.30. The van der Waals surface area contributed by atoms with E-state index in [9.17, 15) is 0 Å². The summed E-state index contributed by atoms with van der Waals surface area (Å²) in [6.07, 6.45) is 4.01. The minimum Gasteiger partial charge on any atom is -0.329 e.